The van der Waals surface area contributed by atoms with Gasteiger partial charge in [0.25, 0.3) is 17.4 Å². The third-order valence-corrected chi connectivity index (χ3v) is 7.24. The van der Waals surface area contributed by atoms with Gasteiger partial charge < -0.3 is 15.4 Å². The van der Waals surface area contributed by atoms with Crippen molar-refractivity contribution in [2.24, 2.45) is 0 Å². The summed E-state index contributed by atoms with van der Waals surface area (Å²) in [6, 6.07) is 18.7. The normalized spacial score (nSPS) is 11.2. The predicted molar refractivity (Wildman–Crippen MR) is 159 cm³/mol. The third-order valence-electron chi connectivity index (χ3n) is 6.30. The minimum atomic E-state index is -4.61. The van der Waals surface area contributed by atoms with Crippen LogP contribution in [0.15, 0.2) is 95.2 Å². The minimum absolute atomic E-state index is 0.129. The highest BCUT2D eigenvalue weighted by molar-refractivity contribution is 7.09. The van der Waals surface area contributed by atoms with Gasteiger partial charge in [0.2, 0.25) is 0 Å². The van der Waals surface area contributed by atoms with Crippen LogP contribution in [0.1, 0.15) is 37.0 Å². The highest BCUT2D eigenvalue weighted by Crippen LogP contribution is 2.30. The summed E-state index contributed by atoms with van der Waals surface area (Å²) in [6.07, 6.45) is -2.43. The summed E-state index contributed by atoms with van der Waals surface area (Å²) < 4.78 is 46.1. The number of ether oxygens (including phenoxy) is 1. The smallest absolute Gasteiger partial charge is 0.416 e. The zero-order chi connectivity index (χ0) is 31.3. The van der Waals surface area contributed by atoms with Gasteiger partial charge in [-0.3, -0.25) is 19.4 Å². The number of aryl methyl sites for hydroxylation is 1. The van der Waals surface area contributed by atoms with Crippen molar-refractivity contribution in [2.75, 3.05) is 11.9 Å². The van der Waals surface area contributed by atoms with Crippen LogP contribution in [0, 0.1) is 6.92 Å². The van der Waals surface area contributed by atoms with E-state index in [1.165, 1.54) is 30.1 Å². The van der Waals surface area contributed by atoms with E-state index in [1.54, 1.807) is 41.7 Å². The lowest BCUT2D eigenvalue weighted by Crippen LogP contribution is -2.27. The Morgan fingerprint density at radius 2 is 1.75 bits per heavy atom. The van der Waals surface area contributed by atoms with E-state index in [2.05, 4.69) is 20.7 Å². The lowest BCUT2D eigenvalue weighted by atomic mass is 10.2. The van der Waals surface area contributed by atoms with Crippen LogP contribution in [0.4, 0.5) is 18.9 Å². The summed E-state index contributed by atoms with van der Waals surface area (Å²) in [6.45, 7) is 1.98. The molecular weight excluding hydrogens is 595 g/mol. The lowest BCUT2D eigenvalue weighted by Gasteiger charge is -2.12. The number of benzene rings is 2. The fourth-order valence-corrected chi connectivity index (χ4v) is 4.85. The van der Waals surface area contributed by atoms with Crippen LogP contribution in [-0.4, -0.2) is 33.1 Å². The van der Waals surface area contributed by atoms with E-state index < -0.39 is 23.2 Å². The Kier molecular flexibility index (Phi) is 8.86. The van der Waals surface area contributed by atoms with Crippen molar-refractivity contribution in [3.05, 3.63) is 128 Å². The van der Waals surface area contributed by atoms with E-state index in [-0.39, 0.29) is 28.5 Å². The van der Waals surface area contributed by atoms with E-state index >= 15 is 0 Å². The number of nitrogens with one attached hydrogen (secondary N) is 2. The molecule has 3 aromatic heterocycles. The molecule has 0 unspecified atom stereocenters. The maximum Gasteiger partial charge on any atom is 0.416 e. The topological polar surface area (TPSA) is 115 Å². The number of thiophene rings is 1. The molecular formula is C31H24F3N5O4S. The second kappa shape index (κ2) is 12.9. The summed E-state index contributed by atoms with van der Waals surface area (Å²) in [4.78, 5) is 43.3. The number of alkyl halides is 3. The van der Waals surface area contributed by atoms with Gasteiger partial charge >= 0.3 is 6.18 Å². The Labute approximate surface area is 253 Å². The summed E-state index contributed by atoms with van der Waals surface area (Å²) in [5, 5.41) is 11.5. The number of hydrogen-bond acceptors (Lipinski definition) is 7. The summed E-state index contributed by atoms with van der Waals surface area (Å²) in [5.41, 5.74) is -1.08. The maximum atomic E-state index is 13.2. The van der Waals surface area contributed by atoms with Crippen molar-refractivity contribution in [1.29, 1.82) is 0 Å². The Morgan fingerprint density at radius 3 is 2.48 bits per heavy atom. The SMILES string of the molecule is Cc1cc(=O)n(-c2cccc(C(F)(F)F)c2)nc1C(=O)Nc1ccc(Oc2ccnc(C(=O)NCCc3cccs3)c2)cc1. The van der Waals surface area contributed by atoms with Crippen molar-refractivity contribution in [1.82, 2.24) is 20.1 Å². The number of pyridine rings is 1. The second-order valence-corrected chi connectivity index (χ2v) is 10.5. The molecule has 44 heavy (non-hydrogen) atoms. The zero-order valence-corrected chi connectivity index (χ0v) is 23.9. The van der Waals surface area contributed by atoms with Crippen molar-refractivity contribution >= 4 is 28.8 Å². The number of rotatable bonds is 9. The number of nitrogens with zero attached hydrogens (tertiary/aromatic N) is 3. The van der Waals surface area contributed by atoms with Gasteiger partial charge in [0.15, 0.2) is 5.69 Å². The molecule has 0 radical (unpaired) electrons. The molecule has 0 saturated carbocycles. The highest BCUT2D eigenvalue weighted by Gasteiger charge is 2.30. The number of carbonyl (C=O) groups excluding carboxylic acids is 2. The molecule has 0 aliphatic rings. The number of carbonyl (C=O) groups is 2. The zero-order valence-electron chi connectivity index (χ0n) is 23.1. The standard InChI is InChI=1S/C31H24F3N5O4S/c1-19-16-27(40)39(22-5-2-4-20(17-22)31(32,33)34)38-28(19)30(42)37-21-7-9-23(10-8-21)43-24-11-13-35-26(18-24)29(41)36-14-12-25-6-3-15-44-25/h2-11,13,15-18H,12,14H2,1H3,(H,36,41)(H,37,42). The second-order valence-electron chi connectivity index (χ2n) is 9.52. The molecule has 5 rings (SSSR count). The van der Waals surface area contributed by atoms with Crippen molar-refractivity contribution in [3.8, 4) is 17.2 Å². The average Bonchev–Trinajstić information content (AvgIpc) is 3.51. The van der Waals surface area contributed by atoms with Crippen LogP contribution in [0.25, 0.3) is 5.69 Å². The van der Waals surface area contributed by atoms with Crippen LogP contribution in [0.2, 0.25) is 0 Å². The fourth-order valence-electron chi connectivity index (χ4n) is 4.14. The lowest BCUT2D eigenvalue weighted by molar-refractivity contribution is -0.137. The largest absolute Gasteiger partial charge is 0.457 e. The molecule has 0 fully saturated rings. The Bertz CT molecular complexity index is 1860. The number of amides is 2. The summed E-state index contributed by atoms with van der Waals surface area (Å²) in [5.74, 6) is -0.184. The van der Waals surface area contributed by atoms with Crippen LogP contribution >= 0.6 is 11.3 Å². The van der Waals surface area contributed by atoms with Gasteiger partial charge in [0, 0.05) is 35.4 Å². The number of halogens is 3. The van der Waals surface area contributed by atoms with E-state index in [1.807, 2.05) is 17.5 Å². The Hall–Kier alpha value is -5.30. The van der Waals surface area contributed by atoms with Gasteiger partial charge in [-0.2, -0.15) is 23.0 Å². The Morgan fingerprint density at radius 1 is 0.955 bits per heavy atom. The van der Waals surface area contributed by atoms with Gasteiger partial charge in [-0.25, -0.2) is 0 Å². The average molecular weight is 620 g/mol. The molecule has 0 saturated heterocycles. The molecule has 0 aliphatic heterocycles. The first-order chi connectivity index (χ1) is 21.1. The molecule has 0 aliphatic carbocycles. The summed E-state index contributed by atoms with van der Waals surface area (Å²) in [7, 11) is 0. The molecule has 2 N–H and O–H groups in total. The summed E-state index contributed by atoms with van der Waals surface area (Å²) >= 11 is 1.62. The molecule has 2 amide bonds. The van der Waals surface area contributed by atoms with Gasteiger partial charge in [0.05, 0.1) is 11.3 Å². The van der Waals surface area contributed by atoms with Crippen LogP contribution < -0.4 is 20.9 Å². The molecule has 0 bridgehead atoms. The van der Waals surface area contributed by atoms with E-state index in [9.17, 15) is 27.6 Å². The van der Waals surface area contributed by atoms with Crippen LogP contribution in [0.3, 0.4) is 0 Å². The minimum Gasteiger partial charge on any atom is -0.457 e. The van der Waals surface area contributed by atoms with Gasteiger partial charge in [-0.05, 0) is 78.9 Å². The number of aromatic nitrogens is 3. The maximum absolute atomic E-state index is 13.2. The van der Waals surface area contributed by atoms with Crippen LogP contribution in [0.5, 0.6) is 11.5 Å². The molecule has 224 valence electrons. The van der Waals surface area contributed by atoms with Crippen LogP contribution in [-0.2, 0) is 12.6 Å². The number of hydrogen-bond donors (Lipinski definition) is 2. The third kappa shape index (κ3) is 7.36. The van der Waals surface area contributed by atoms with Crippen molar-refractivity contribution in [3.63, 3.8) is 0 Å². The molecule has 2 aromatic carbocycles. The van der Waals surface area contributed by atoms with Gasteiger partial charge in [-0.15, -0.1) is 11.3 Å². The predicted octanol–water partition coefficient (Wildman–Crippen LogP) is 6.03. The Balaban J connectivity index is 1.24. The highest BCUT2D eigenvalue weighted by atomic mass is 32.1. The number of anilines is 1. The monoisotopic (exact) mass is 619 g/mol. The van der Waals surface area contributed by atoms with Crippen molar-refractivity contribution < 1.29 is 27.5 Å². The first kappa shape index (κ1) is 30.2. The molecule has 5 aromatic rings. The first-order valence-electron chi connectivity index (χ1n) is 13.2. The van der Waals surface area contributed by atoms with E-state index in [0.717, 1.165) is 35.4 Å². The molecule has 13 heteroatoms. The first-order valence-corrected chi connectivity index (χ1v) is 14.1. The van der Waals surface area contributed by atoms with E-state index in [0.29, 0.717) is 23.7 Å². The van der Waals surface area contributed by atoms with Gasteiger partial charge in [-0.1, -0.05) is 12.1 Å². The molecule has 9 nitrogen and oxygen atoms in total. The molecule has 3 heterocycles. The molecule has 0 atom stereocenters. The fraction of sp³-hybridized carbons (Fsp3) is 0.129. The van der Waals surface area contributed by atoms with Gasteiger partial charge in [0.1, 0.15) is 17.2 Å². The molecule has 0 spiro atoms. The van der Waals surface area contributed by atoms with E-state index in [4.69, 9.17) is 4.74 Å². The quantitative estimate of drug-likeness (QED) is 0.208. The van der Waals surface area contributed by atoms with Crippen molar-refractivity contribution in [2.45, 2.75) is 19.5 Å².